The first-order valence-electron chi connectivity index (χ1n) is 6.88. The molecule has 1 amide bonds. The van der Waals surface area contributed by atoms with Gasteiger partial charge < -0.3 is 9.73 Å². The number of nitrogens with zero attached hydrogens (tertiary/aromatic N) is 2. The molecule has 1 N–H and O–H groups in total. The first-order valence-corrected chi connectivity index (χ1v) is 8.64. The van der Waals surface area contributed by atoms with Crippen molar-refractivity contribution in [2.75, 3.05) is 6.54 Å². The molecule has 0 bridgehead atoms. The number of aryl methyl sites for hydroxylation is 1. The smallest absolute Gasteiger partial charge is 0.258 e. The molecule has 0 aliphatic carbocycles. The molecule has 0 atom stereocenters. The van der Waals surface area contributed by atoms with Gasteiger partial charge in [-0.15, -0.1) is 32.9 Å². The molecule has 0 saturated carbocycles. The van der Waals surface area contributed by atoms with Crippen LogP contribution >= 0.6 is 22.7 Å². The molecular formula is C15H15N3O2S2. The topological polar surface area (TPSA) is 68.0 Å². The normalized spacial score (nSPS) is 10.8. The summed E-state index contributed by atoms with van der Waals surface area (Å²) in [6, 6.07) is 6.07. The third-order valence-electron chi connectivity index (χ3n) is 3.11. The van der Waals surface area contributed by atoms with E-state index in [-0.39, 0.29) is 12.3 Å². The summed E-state index contributed by atoms with van der Waals surface area (Å²) >= 11 is 3.24. The number of carbonyl (C=O) groups is 1. The van der Waals surface area contributed by atoms with E-state index in [2.05, 4.69) is 21.6 Å². The molecule has 0 aliphatic rings. The molecule has 3 heterocycles. The van der Waals surface area contributed by atoms with Crippen LogP contribution in [0.15, 0.2) is 33.4 Å². The Morgan fingerprint density at radius 2 is 2.18 bits per heavy atom. The Bertz CT molecular complexity index is 747. The summed E-state index contributed by atoms with van der Waals surface area (Å²) in [5.41, 5.74) is 1.10. The van der Waals surface area contributed by atoms with Gasteiger partial charge in [-0.25, -0.2) is 0 Å². The summed E-state index contributed by atoms with van der Waals surface area (Å²) in [6.45, 7) is 2.61. The lowest BCUT2D eigenvalue weighted by atomic mass is 10.3. The van der Waals surface area contributed by atoms with Crippen LogP contribution in [0, 0.1) is 6.92 Å². The Kier molecular flexibility index (Phi) is 4.65. The fourth-order valence-corrected chi connectivity index (χ4v) is 3.54. The fourth-order valence-electron chi connectivity index (χ4n) is 1.99. The Hall–Kier alpha value is -1.99. The van der Waals surface area contributed by atoms with Crippen molar-refractivity contribution in [3.8, 4) is 10.8 Å². The van der Waals surface area contributed by atoms with Gasteiger partial charge in [-0.3, -0.25) is 4.79 Å². The molecule has 0 saturated heterocycles. The highest BCUT2D eigenvalue weighted by molar-refractivity contribution is 7.13. The minimum atomic E-state index is -0.102. The van der Waals surface area contributed by atoms with E-state index < -0.39 is 0 Å². The van der Waals surface area contributed by atoms with Gasteiger partial charge in [0.15, 0.2) is 0 Å². The van der Waals surface area contributed by atoms with Gasteiger partial charge in [0.05, 0.1) is 4.88 Å². The van der Waals surface area contributed by atoms with E-state index in [1.54, 1.807) is 22.7 Å². The van der Waals surface area contributed by atoms with Crippen molar-refractivity contribution in [1.29, 1.82) is 0 Å². The molecule has 7 heteroatoms. The highest BCUT2D eigenvalue weighted by atomic mass is 32.1. The van der Waals surface area contributed by atoms with Crippen molar-refractivity contribution in [1.82, 2.24) is 15.5 Å². The number of carbonyl (C=O) groups excluding carboxylic acids is 1. The van der Waals surface area contributed by atoms with Gasteiger partial charge in [0.2, 0.25) is 11.8 Å². The number of rotatable bonds is 6. The van der Waals surface area contributed by atoms with Crippen LogP contribution in [0.3, 0.4) is 0 Å². The number of thiophene rings is 2. The second-order valence-electron chi connectivity index (χ2n) is 4.79. The molecule has 0 aromatic carbocycles. The average Bonchev–Trinajstić information content (AvgIpc) is 3.20. The molecule has 0 spiro atoms. The number of hydrogen-bond acceptors (Lipinski definition) is 6. The maximum atomic E-state index is 11.9. The van der Waals surface area contributed by atoms with Crippen molar-refractivity contribution in [3.63, 3.8) is 0 Å². The second-order valence-corrected chi connectivity index (χ2v) is 6.74. The molecule has 0 radical (unpaired) electrons. The summed E-state index contributed by atoms with van der Waals surface area (Å²) in [5, 5.41) is 14.8. The first kappa shape index (κ1) is 14.9. The van der Waals surface area contributed by atoms with Crippen molar-refractivity contribution >= 4 is 28.6 Å². The highest BCUT2D eigenvalue weighted by Crippen LogP contribution is 2.27. The number of amides is 1. The molecule has 3 aromatic heterocycles. The van der Waals surface area contributed by atoms with Crippen LogP contribution in [0.4, 0.5) is 0 Å². The van der Waals surface area contributed by atoms with E-state index in [4.69, 9.17) is 4.42 Å². The molecular weight excluding hydrogens is 318 g/mol. The zero-order valence-corrected chi connectivity index (χ0v) is 13.7. The standard InChI is InChI=1S/C15H15N3O2S2/c1-10-5-8-22-14(10)15-18-17-13(20-15)9-12(19)16-6-4-11-3-2-7-21-11/h2-3,5,7-8H,4,6,9H2,1H3,(H,16,19). The van der Waals surface area contributed by atoms with Crippen molar-refractivity contribution in [2.24, 2.45) is 0 Å². The number of nitrogens with one attached hydrogen (secondary N) is 1. The number of hydrogen-bond donors (Lipinski definition) is 1. The van der Waals surface area contributed by atoms with E-state index in [0.717, 1.165) is 16.9 Å². The van der Waals surface area contributed by atoms with Crippen LogP contribution in [-0.4, -0.2) is 22.6 Å². The molecule has 22 heavy (non-hydrogen) atoms. The van der Waals surface area contributed by atoms with E-state index in [9.17, 15) is 4.79 Å². The lowest BCUT2D eigenvalue weighted by Gasteiger charge is -2.01. The minimum Gasteiger partial charge on any atom is -0.419 e. The summed E-state index contributed by atoms with van der Waals surface area (Å²) in [7, 11) is 0. The van der Waals surface area contributed by atoms with Crippen LogP contribution < -0.4 is 5.32 Å². The van der Waals surface area contributed by atoms with Crippen LogP contribution in [0.2, 0.25) is 0 Å². The van der Waals surface area contributed by atoms with Gasteiger partial charge in [0.1, 0.15) is 6.42 Å². The van der Waals surface area contributed by atoms with Gasteiger partial charge in [-0.2, -0.15) is 0 Å². The van der Waals surface area contributed by atoms with E-state index in [1.807, 2.05) is 29.8 Å². The van der Waals surface area contributed by atoms with Gasteiger partial charge in [0, 0.05) is 11.4 Å². The Morgan fingerprint density at radius 1 is 1.27 bits per heavy atom. The van der Waals surface area contributed by atoms with Crippen LogP contribution in [-0.2, 0) is 17.6 Å². The first-order chi connectivity index (χ1) is 10.7. The summed E-state index contributed by atoms with van der Waals surface area (Å²) in [5.74, 6) is 0.722. The lowest BCUT2D eigenvalue weighted by Crippen LogP contribution is -2.27. The van der Waals surface area contributed by atoms with Crippen LogP contribution in [0.1, 0.15) is 16.3 Å². The summed E-state index contributed by atoms with van der Waals surface area (Å²) < 4.78 is 5.56. The third kappa shape index (κ3) is 3.61. The number of aromatic nitrogens is 2. The Labute approximate surface area is 136 Å². The van der Waals surface area contributed by atoms with Crippen LogP contribution in [0.25, 0.3) is 10.8 Å². The minimum absolute atomic E-state index is 0.102. The van der Waals surface area contributed by atoms with Crippen LogP contribution in [0.5, 0.6) is 0 Å². The molecule has 5 nitrogen and oxygen atoms in total. The Morgan fingerprint density at radius 3 is 2.91 bits per heavy atom. The predicted molar refractivity (Wildman–Crippen MR) is 87.1 cm³/mol. The van der Waals surface area contributed by atoms with Crippen molar-refractivity contribution in [3.05, 3.63) is 45.3 Å². The fraction of sp³-hybridized carbons (Fsp3) is 0.267. The van der Waals surface area contributed by atoms with E-state index in [1.165, 1.54) is 4.88 Å². The molecule has 114 valence electrons. The molecule has 3 aromatic rings. The third-order valence-corrected chi connectivity index (χ3v) is 5.05. The second kappa shape index (κ2) is 6.85. The Balaban J connectivity index is 1.51. The zero-order chi connectivity index (χ0) is 15.4. The van der Waals surface area contributed by atoms with Gasteiger partial charge >= 0.3 is 0 Å². The predicted octanol–water partition coefficient (Wildman–Crippen LogP) is 3.07. The van der Waals surface area contributed by atoms with E-state index in [0.29, 0.717) is 18.3 Å². The maximum Gasteiger partial charge on any atom is 0.258 e. The van der Waals surface area contributed by atoms with Crippen molar-refractivity contribution in [2.45, 2.75) is 19.8 Å². The molecule has 0 aliphatic heterocycles. The molecule has 0 unspecified atom stereocenters. The molecule has 0 fully saturated rings. The maximum absolute atomic E-state index is 11.9. The van der Waals surface area contributed by atoms with Gasteiger partial charge in [0.25, 0.3) is 5.89 Å². The average molecular weight is 333 g/mol. The summed E-state index contributed by atoms with van der Waals surface area (Å²) in [4.78, 5) is 14.1. The SMILES string of the molecule is Cc1ccsc1-c1nnc(CC(=O)NCCc2cccs2)o1. The van der Waals surface area contributed by atoms with Gasteiger partial charge in [-0.05, 0) is 41.8 Å². The highest BCUT2D eigenvalue weighted by Gasteiger charge is 2.14. The lowest BCUT2D eigenvalue weighted by molar-refractivity contribution is -0.120. The van der Waals surface area contributed by atoms with Gasteiger partial charge in [-0.1, -0.05) is 6.07 Å². The zero-order valence-electron chi connectivity index (χ0n) is 12.0. The van der Waals surface area contributed by atoms with E-state index >= 15 is 0 Å². The molecule has 3 rings (SSSR count). The van der Waals surface area contributed by atoms with Crippen molar-refractivity contribution < 1.29 is 9.21 Å². The monoisotopic (exact) mass is 333 g/mol. The quantitative estimate of drug-likeness (QED) is 0.753. The largest absolute Gasteiger partial charge is 0.419 e. The summed E-state index contributed by atoms with van der Waals surface area (Å²) in [6.07, 6.45) is 0.953.